The van der Waals surface area contributed by atoms with Crippen molar-refractivity contribution in [2.24, 2.45) is 4.99 Å². The van der Waals surface area contributed by atoms with Crippen LogP contribution in [0.2, 0.25) is 5.02 Å². The zero-order valence-electron chi connectivity index (χ0n) is 17.0. The molecule has 1 aliphatic heterocycles. The number of amidine groups is 1. The molecule has 3 aromatic rings. The molecule has 0 radical (unpaired) electrons. The van der Waals surface area contributed by atoms with Crippen LogP contribution in [0.15, 0.2) is 51.8 Å². The first-order valence-corrected chi connectivity index (χ1v) is 12.8. The maximum absolute atomic E-state index is 13.3. The van der Waals surface area contributed by atoms with Gasteiger partial charge in [0.05, 0.1) is 28.5 Å². The van der Waals surface area contributed by atoms with Crippen LogP contribution >= 0.6 is 46.0 Å². The second kappa shape index (κ2) is 9.99. The first kappa shape index (κ1) is 22.1. The van der Waals surface area contributed by atoms with Crippen LogP contribution in [0.4, 0.5) is 5.69 Å². The third-order valence-corrected chi connectivity index (χ3v) is 7.50. The van der Waals surface area contributed by atoms with Crippen LogP contribution in [0.1, 0.15) is 28.9 Å². The lowest BCUT2D eigenvalue weighted by Crippen LogP contribution is -2.30. The third-order valence-electron chi connectivity index (χ3n) is 4.46. The number of thiophene rings is 1. The summed E-state index contributed by atoms with van der Waals surface area (Å²) in [6.45, 7) is 2.15. The number of anilines is 1. The number of aryl methyl sites for hydroxylation is 1. The number of methoxy groups -OCH3 is 1. The molecule has 0 N–H and O–H groups in total. The Morgan fingerprint density at radius 3 is 2.87 bits per heavy atom. The number of thioether (sulfide) groups is 1. The summed E-state index contributed by atoms with van der Waals surface area (Å²) in [6, 6.07) is 9.21. The Kier molecular flexibility index (Phi) is 7.12. The van der Waals surface area contributed by atoms with Crippen LogP contribution < -0.4 is 9.64 Å². The summed E-state index contributed by atoms with van der Waals surface area (Å²) in [5.41, 5.74) is 2.06. The number of hydrogen-bond acceptors (Lipinski definition) is 7. The number of ether oxygens (including phenoxy) is 1. The van der Waals surface area contributed by atoms with Gasteiger partial charge < -0.3 is 4.74 Å². The summed E-state index contributed by atoms with van der Waals surface area (Å²) < 4.78 is 5.25. The predicted octanol–water partition coefficient (Wildman–Crippen LogP) is 6.50. The molecular weight excluding hydrogens is 470 g/mol. The average molecular weight is 490 g/mol. The zero-order valence-corrected chi connectivity index (χ0v) is 20.2. The standard InChI is InChI=1S/C22H20ClN3O2S3/c1-3-5-20-24-14(12-30-20)13-31-22-25-18(11-16-6-4-9-29-16)21(27)26(22)15-7-8-19(28-2)17(23)10-15/h4,6-12H,3,5,13H2,1-2H3. The summed E-state index contributed by atoms with van der Waals surface area (Å²) in [5.74, 6) is 1.02. The monoisotopic (exact) mass is 489 g/mol. The topological polar surface area (TPSA) is 54.8 Å². The second-order valence-corrected chi connectivity index (χ2v) is 9.94. The van der Waals surface area contributed by atoms with E-state index in [1.54, 1.807) is 46.8 Å². The van der Waals surface area contributed by atoms with Crippen LogP contribution in [0.3, 0.4) is 0 Å². The molecule has 0 fully saturated rings. The number of aliphatic imine (C=N–C) groups is 1. The van der Waals surface area contributed by atoms with Gasteiger partial charge in [-0.05, 0) is 48.6 Å². The molecule has 0 saturated carbocycles. The highest BCUT2D eigenvalue weighted by Gasteiger charge is 2.32. The number of thiazole rings is 1. The Bertz CT molecular complexity index is 1140. The molecule has 0 bridgehead atoms. The lowest BCUT2D eigenvalue weighted by atomic mass is 10.2. The van der Waals surface area contributed by atoms with Gasteiger partial charge in [-0.3, -0.25) is 9.69 Å². The first-order valence-electron chi connectivity index (χ1n) is 9.67. The Hall–Kier alpha value is -2.13. The highest BCUT2D eigenvalue weighted by molar-refractivity contribution is 8.13. The molecule has 5 nitrogen and oxygen atoms in total. The minimum absolute atomic E-state index is 0.179. The smallest absolute Gasteiger partial charge is 0.283 e. The van der Waals surface area contributed by atoms with Gasteiger partial charge in [0.2, 0.25) is 0 Å². The first-order chi connectivity index (χ1) is 15.1. The molecule has 3 heterocycles. The van der Waals surface area contributed by atoms with Gasteiger partial charge in [0, 0.05) is 16.0 Å². The van der Waals surface area contributed by atoms with Crippen LogP contribution in [-0.4, -0.2) is 23.2 Å². The molecule has 0 atom stereocenters. The van der Waals surface area contributed by atoms with Crippen molar-refractivity contribution >= 4 is 68.9 Å². The van der Waals surface area contributed by atoms with E-state index in [1.807, 2.05) is 29.7 Å². The van der Waals surface area contributed by atoms with Gasteiger partial charge >= 0.3 is 0 Å². The third kappa shape index (κ3) is 5.03. The molecule has 1 aliphatic rings. The number of amides is 1. The van der Waals surface area contributed by atoms with Gasteiger partial charge in [-0.2, -0.15) is 0 Å². The van der Waals surface area contributed by atoms with E-state index in [9.17, 15) is 4.79 Å². The fourth-order valence-electron chi connectivity index (χ4n) is 3.01. The van der Waals surface area contributed by atoms with E-state index in [0.717, 1.165) is 28.4 Å². The summed E-state index contributed by atoms with van der Waals surface area (Å²) in [5, 5.41) is 6.24. The van der Waals surface area contributed by atoms with E-state index >= 15 is 0 Å². The van der Waals surface area contributed by atoms with Crippen LogP contribution in [0.25, 0.3) is 6.08 Å². The fraction of sp³-hybridized carbons (Fsp3) is 0.227. The molecule has 0 spiro atoms. The summed E-state index contributed by atoms with van der Waals surface area (Å²) in [6.07, 6.45) is 3.88. The van der Waals surface area contributed by atoms with Crippen molar-refractivity contribution in [3.05, 3.63) is 67.4 Å². The number of rotatable bonds is 7. The normalized spacial score (nSPS) is 15.1. The van der Waals surface area contributed by atoms with E-state index in [0.29, 0.717) is 33.1 Å². The second-order valence-electron chi connectivity index (χ2n) is 6.67. The number of halogens is 1. The van der Waals surface area contributed by atoms with Gasteiger partial charge in [0.25, 0.3) is 5.91 Å². The van der Waals surface area contributed by atoms with Crippen molar-refractivity contribution in [3.63, 3.8) is 0 Å². The SMILES string of the molecule is CCCc1nc(CSC2=NC(=Cc3cccs3)C(=O)N2c2ccc(OC)c(Cl)c2)cs1. The number of carbonyl (C=O) groups excluding carboxylic acids is 1. The van der Waals surface area contributed by atoms with Crippen molar-refractivity contribution < 1.29 is 9.53 Å². The van der Waals surface area contributed by atoms with E-state index in [1.165, 1.54) is 11.8 Å². The van der Waals surface area contributed by atoms with E-state index in [-0.39, 0.29) is 5.91 Å². The Labute approximate surface area is 198 Å². The average Bonchev–Trinajstić information content (AvgIpc) is 3.49. The lowest BCUT2D eigenvalue weighted by Gasteiger charge is -2.18. The Morgan fingerprint density at radius 1 is 1.29 bits per heavy atom. The molecule has 4 rings (SSSR count). The van der Waals surface area contributed by atoms with Gasteiger partial charge in [0.1, 0.15) is 11.4 Å². The summed E-state index contributed by atoms with van der Waals surface area (Å²) in [7, 11) is 1.56. The zero-order chi connectivity index (χ0) is 21.8. The van der Waals surface area contributed by atoms with E-state index < -0.39 is 0 Å². The number of nitrogens with zero attached hydrogens (tertiary/aromatic N) is 3. The molecule has 0 unspecified atom stereocenters. The van der Waals surface area contributed by atoms with Crippen molar-refractivity contribution in [2.75, 3.05) is 12.0 Å². The van der Waals surface area contributed by atoms with Crippen molar-refractivity contribution in [3.8, 4) is 5.75 Å². The largest absolute Gasteiger partial charge is 0.495 e. The molecular formula is C22H20ClN3O2S3. The molecule has 9 heteroatoms. The Morgan fingerprint density at radius 2 is 2.16 bits per heavy atom. The van der Waals surface area contributed by atoms with E-state index in [4.69, 9.17) is 16.3 Å². The number of benzene rings is 1. The summed E-state index contributed by atoms with van der Waals surface area (Å²) in [4.78, 5) is 25.2. The van der Waals surface area contributed by atoms with Gasteiger partial charge in [-0.25, -0.2) is 9.98 Å². The fourth-order valence-corrected chi connectivity index (χ4v) is 5.82. The van der Waals surface area contributed by atoms with Gasteiger partial charge in [-0.15, -0.1) is 22.7 Å². The lowest BCUT2D eigenvalue weighted by molar-refractivity contribution is -0.113. The van der Waals surface area contributed by atoms with E-state index in [2.05, 4.69) is 22.3 Å². The minimum Gasteiger partial charge on any atom is -0.495 e. The maximum Gasteiger partial charge on any atom is 0.283 e. The molecule has 0 saturated heterocycles. The van der Waals surface area contributed by atoms with Gasteiger partial charge in [-0.1, -0.05) is 36.4 Å². The molecule has 0 aliphatic carbocycles. The van der Waals surface area contributed by atoms with Crippen LogP contribution in [0, 0.1) is 0 Å². The maximum atomic E-state index is 13.3. The van der Waals surface area contributed by atoms with Gasteiger partial charge in [0.15, 0.2) is 5.17 Å². The number of carbonyl (C=O) groups is 1. The number of aromatic nitrogens is 1. The van der Waals surface area contributed by atoms with Crippen LogP contribution in [-0.2, 0) is 17.0 Å². The summed E-state index contributed by atoms with van der Waals surface area (Å²) >= 11 is 11.1. The number of hydrogen-bond donors (Lipinski definition) is 0. The quantitative estimate of drug-likeness (QED) is 0.355. The molecule has 160 valence electrons. The predicted molar refractivity (Wildman–Crippen MR) is 133 cm³/mol. The van der Waals surface area contributed by atoms with Crippen molar-refractivity contribution in [1.29, 1.82) is 0 Å². The molecule has 2 aromatic heterocycles. The van der Waals surface area contributed by atoms with Crippen molar-refractivity contribution in [1.82, 2.24) is 4.98 Å². The van der Waals surface area contributed by atoms with Crippen molar-refractivity contribution in [2.45, 2.75) is 25.5 Å². The highest BCUT2D eigenvalue weighted by Crippen LogP contribution is 2.35. The molecule has 1 amide bonds. The minimum atomic E-state index is -0.179. The molecule has 1 aromatic carbocycles. The Balaban J connectivity index is 1.63. The molecule has 31 heavy (non-hydrogen) atoms. The van der Waals surface area contributed by atoms with Crippen LogP contribution in [0.5, 0.6) is 5.75 Å². The highest BCUT2D eigenvalue weighted by atomic mass is 35.5.